The number of methoxy groups -OCH3 is 1. The summed E-state index contributed by atoms with van der Waals surface area (Å²) >= 11 is 1.43. The SMILES string of the molecule is COc1cccc(N2C(=O)C(=O)/C(=C(\O)c3ccc4c(c3)CC(C)O4)C2c2cccs2)c1. The molecule has 6 nitrogen and oxygen atoms in total. The number of rotatable bonds is 4. The van der Waals surface area contributed by atoms with Crippen molar-refractivity contribution in [3.63, 3.8) is 0 Å². The van der Waals surface area contributed by atoms with Crippen LogP contribution in [0.1, 0.15) is 29.0 Å². The Morgan fingerprint density at radius 3 is 2.75 bits per heavy atom. The van der Waals surface area contributed by atoms with Gasteiger partial charge in [0, 0.05) is 28.6 Å². The van der Waals surface area contributed by atoms with Gasteiger partial charge in [0.15, 0.2) is 0 Å². The zero-order valence-electron chi connectivity index (χ0n) is 17.6. The Hall–Kier alpha value is -3.58. The molecular weight excluding hydrogens is 426 g/mol. The smallest absolute Gasteiger partial charge is 0.300 e. The van der Waals surface area contributed by atoms with Gasteiger partial charge < -0.3 is 14.6 Å². The molecule has 0 bridgehead atoms. The van der Waals surface area contributed by atoms with E-state index in [4.69, 9.17) is 9.47 Å². The molecule has 5 rings (SSSR count). The van der Waals surface area contributed by atoms with E-state index in [-0.39, 0.29) is 17.4 Å². The van der Waals surface area contributed by atoms with Crippen LogP contribution in [-0.2, 0) is 16.0 Å². The molecule has 2 unspecified atom stereocenters. The van der Waals surface area contributed by atoms with Gasteiger partial charge in [0.25, 0.3) is 11.7 Å². The van der Waals surface area contributed by atoms with Gasteiger partial charge >= 0.3 is 0 Å². The Morgan fingerprint density at radius 2 is 2.00 bits per heavy atom. The maximum absolute atomic E-state index is 13.2. The quantitative estimate of drug-likeness (QED) is 0.356. The van der Waals surface area contributed by atoms with Crippen LogP contribution in [0.2, 0.25) is 0 Å². The van der Waals surface area contributed by atoms with Gasteiger partial charge in [-0.3, -0.25) is 14.5 Å². The summed E-state index contributed by atoms with van der Waals surface area (Å²) in [6.45, 7) is 1.98. The molecule has 2 aliphatic heterocycles. The van der Waals surface area contributed by atoms with Crippen molar-refractivity contribution in [2.45, 2.75) is 25.5 Å². The first-order chi connectivity index (χ1) is 15.5. The predicted octanol–water partition coefficient (Wildman–Crippen LogP) is 4.71. The fourth-order valence-electron chi connectivity index (χ4n) is 4.30. The summed E-state index contributed by atoms with van der Waals surface area (Å²) in [5.41, 5.74) is 2.06. The van der Waals surface area contributed by atoms with Crippen LogP contribution in [0, 0.1) is 0 Å². The minimum absolute atomic E-state index is 0.0622. The van der Waals surface area contributed by atoms with Crippen LogP contribution in [0.5, 0.6) is 11.5 Å². The van der Waals surface area contributed by atoms with Gasteiger partial charge in [-0.2, -0.15) is 0 Å². The molecule has 2 aliphatic rings. The summed E-state index contributed by atoms with van der Waals surface area (Å²) in [4.78, 5) is 28.6. The highest BCUT2D eigenvalue weighted by Gasteiger charge is 2.47. The standard InChI is InChI=1S/C25H21NO5S/c1-14-11-16-12-15(8-9-19(16)31-14)23(27)21-22(20-7-4-10-32-20)26(25(29)24(21)28)17-5-3-6-18(13-17)30-2/h3-10,12-14,22,27H,11H2,1-2H3/b23-21-. The zero-order chi connectivity index (χ0) is 22.4. The van der Waals surface area contributed by atoms with Crippen LogP contribution >= 0.6 is 11.3 Å². The topological polar surface area (TPSA) is 76.1 Å². The number of ether oxygens (including phenoxy) is 2. The fourth-order valence-corrected chi connectivity index (χ4v) is 5.12. The second kappa shape index (κ2) is 7.84. The number of aliphatic hydroxyl groups is 1. The van der Waals surface area contributed by atoms with Crippen LogP contribution in [0.15, 0.2) is 65.6 Å². The Balaban J connectivity index is 1.66. The molecule has 1 fully saturated rings. The highest BCUT2D eigenvalue weighted by molar-refractivity contribution is 7.10. The Morgan fingerprint density at radius 1 is 1.16 bits per heavy atom. The Bertz CT molecular complexity index is 1250. The number of carbonyl (C=O) groups excluding carboxylic acids is 2. The van der Waals surface area contributed by atoms with E-state index in [1.165, 1.54) is 16.2 Å². The molecule has 2 atom stereocenters. The lowest BCUT2D eigenvalue weighted by atomic mass is 9.98. The van der Waals surface area contributed by atoms with E-state index in [0.717, 1.165) is 22.6 Å². The molecule has 1 saturated heterocycles. The number of amides is 1. The van der Waals surface area contributed by atoms with Crippen molar-refractivity contribution in [2.75, 3.05) is 12.0 Å². The lowest BCUT2D eigenvalue weighted by Crippen LogP contribution is -2.29. The van der Waals surface area contributed by atoms with Gasteiger partial charge in [-0.15, -0.1) is 11.3 Å². The molecule has 7 heteroatoms. The van der Waals surface area contributed by atoms with Crippen LogP contribution in [0.4, 0.5) is 5.69 Å². The fraction of sp³-hybridized carbons (Fsp3) is 0.200. The number of Topliss-reactive ketones (excluding diaryl/α,β-unsaturated/α-hetero) is 1. The second-order valence-corrected chi connectivity index (χ2v) is 8.82. The number of hydrogen-bond acceptors (Lipinski definition) is 6. The van der Waals surface area contributed by atoms with E-state index in [2.05, 4.69) is 0 Å². The van der Waals surface area contributed by atoms with E-state index in [1.807, 2.05) is 30.5 Å². The maximum Gasteiger partial charge on any atom is 0.300 e. The van der Waals surface area contributed by atoms with E-state index in [9.17, 15) is 14.7 Å². The molecule has 1 aromatic heterocycles. The van der Waals surface area contributed by atoms with Crippen molar-refractivity contribution < 1.29 is 24.2 Å². The summed E-state index contributed by atoms with van der Waals surface area (Å²) in [5, 5.41) is 13.1. The molecule has 1 N–H and O–H groups in total. The molecule has 2 aromatic carbocycles. The first-order valence-electron chi connectivity index (χ1n) is 10.3. The number of aliphatic hydroxyl groups excluding tert-OH is 1. The van der Waals surface area contributed by atoms with Crippen molar-refractivity contribution in [3.05, 3.63) is 81.6 Å². The molecule has 3 aromatic rings. The number of thiophene rings is 1. The second-order valence-electron chi connectivity index (χ2n) is 7.84. The van der Waals surface area contributed by atoms with Gasteiger partial charge in [0.05, 0.1) is 12.7 Å². The van der Waals surface area contributed by atoms with Gasteiger partial charge in [-0.1, -0.05) is 12.1 Å². The number of benzene rings is 2. The largest absolute Gasteiger partial charge is 0.507 e. The molecular formula is C25H21NO5S. The Kier molecular flexibility index (Phi) is 4.98. The molecule has 0 radical (unpaired) electrons. The van der Waals surface area contributed by atoms with E-state index >= 15 is 0 Å². The highest BCUT2D eigenvalue weighted by Crippen LogP contribution is 2.44. The number of fused-ring (bicyclic) bond motifs is 1. The predicted molar refractivity (Wildman–Crippen MR) is 122 cm³/mol. The lowest BCUT2D eigenvalue weighted by Gasteiger charge is -2.24. The van der Waals surface area contributed by atoms with Crippen molar-refractivity contribution in [2.24, 2.45) is 0 Å². The average Bonchev–Trinajstić information content (AvgIpc) is 3.51. The van der Waals surface area contributed by atoms with E-state index < -0.39 is 17.7 Å². The molecule has 3 heterocycles. The van der Waals surface area contributed by atoms with Gasteiger partial charge in [-0.05, 0) is 54.3 Å². The molecule has 0 spiro atoms. The number of carbonyl (C=O) groups is 2. The van der Waals surface area contributed by atoms with Crippen LogP contribution in [-0.4, -0.2) is 30.0 Å². The Labute approximate surface area is 189 Å². The lowest BCUT2D eigenvalue weighted by molar-refractivity contribution is -0.132. The molecule has 0 saturated carbocycles. The normalized spacial score (nSPS) is 21.5. The number of ketones is 1. The number of nitrogens with zero attached hydrogens (tertiary/aromatic N) is 1. The summed E-state index contributed by atoms with van der Waals surface area (Å²) in [6.07, 6.45) is 0.787. The molecule has 32 heavy (non-hydrogen) atoms. The van der Waals surface area contributed by atoms with Crippen molar-refractivity contribution in [1.82, 2.24) is 0 Å². The first-order valence-corrected chi connectivity index (χ1v) is 11.1. The van der Waals surface area contributed by atoms with E-state index in [1.54, 1.807) is 43.5 Å². The average molecular weight is 448 g/mol. The van der Waals surface area contributed by atoms with Gasteiger partial charge in [-0.25, -0.2) is 0 Å². The van der Waals surface area contributed by atoms with Gasteiger partial charge in [0.2, 0.25) is 0 Å². The highest BCUT2D eigenvalue weighted by atomic mass is 32.1. The van der Waals surface area contributed by atoms with Crippen LogP contribution in [0.3, 0.4) is 0 Å². The first kappa shape index (κ1) is 20.3. The van der Waals surface area contributed by atoms with Crippen molar-refractivity contribution in [1.29, 1.82) is 0 Å². The third-order valence-electron chi connectivity index (χ3n) is 5.76. The molecule has 1 amide bonds. The monoisotopic (exact) mass is 447 g/mol. The number of hydrogen-bond donors (Lipinski definition) is 1. The van der Waals surface area contributed by atoms with Crippen molar-refractivity contribution >= 4 is 34.5 Å². The third-order valence-corrected chi connectivity index (χ3v) is 6.68. The summed E-state index contributed by atoms with van der Waals surface area (Å²) < 4.78 is 11.0. The van der Waals surface area contributed by atoms with Crippen LogP contribution < -0.4 is 14.4 Å². The minimum Gasteiger partial charge on any atom is -0.507 e. The van der Waals surface area contributed by atoms with E-state index in [0.29, 0.717) is 17.0 Å². The van der Waals surface area contributed by atoms with Crippen LogP contribution in [0.25, 0.3) is 5.76 Å². The summed E-state index contributed by atoms with van der Waals surface area (Å²) in [5.74, 6) is -0.234. The third kappa shape index (κ3) is 3.26. The molecule has 162 valence electrons. The summed E-state index contributed by atoms with van der Waals surface area (Å²) in [7, 11) is 1.54. The van der Waals surface area contributed by atoms with Crippen molar-refractivity contribution in [3.8, 4) is 11.5 Å². The zero-order valence-corrected chi connectivity index (χ0v) is 18.4. The minimum atomic E-state index is -0.731. The maximum atomic E-state index is 13.2. The summed E-state index contributed by atoms with van der Waals surface area (Å²) in [6, 6.07) is 15.3. The number of anilines is 1. The van der Waals surface area contributed by atoms with Gasteiger partial charge in [0.1, 0.15) is 29.4 Å². The molecule has 0 aliphatic carbocycles.